The van der Waals surface area contributed by atoms with E-state index >= 15 is 0 Å². The first-order chi connectivity index (χ1) is 14.5. The van der Waals surface area contributed by atoms with Gasteiger partial charge in [0.05, 0.1) is 18.2 Å². The third-order valence-electron chi connectivity index (χ3n) is 4.56. The number of carbonyl (C=O) groups excluding carboxylic acids is 1. The number of hydrogen-bond acceptors (Lipinski definition) is 3. The number of carbonyl (C=O) groups is 1. The van der Waals surface area contributed by atoms with E-state index in [9.17, 15) is 31.1 Å². The molecule has 31 heavy (non-hydrogen) atoms. The summed E-state index contributed by atoms with van der Waals surface area (Å²) in [5, 5.41) is 0. The summed E-state index contributed by atoms with van der Waals surface area (Å²) in [7, 11) is 1.45. The first-order valence-electron chi connectivity index (χ1n) is 8.89. The van der Waals surface area contributed by atoms with Gasteiger partial charge in [0.2, 0.25) is 0 Å². The second-order valence-electron chi connectivity index (χ2n) is 6.63. The highest BCUT2D eigenvalue weighted by Gasteiger charge is 2.37. The van der Waals surface area contributed by atoms with Crippen molar-refractivity contribution in [2.24, 2.45) is 0 Å². The smallest absolute Gasteiger partial charge is 0.416 e. The van der Waals surface area contributed by atoms with E-state index in [4.69, 9.17) is 4.74 Å². The number of ketones is 1. The highest BCUT2D eigenvalue weighted by molar-refractivity contribution is 5.99. The molecule has 0 fully saturated rings. The number of nitrogens with zero attached hydrogens (tertiary/aromatic N) is 1. The molecule has 1 heterocycles. The van der Waals surface area contributed by atoms with Gasteiger partial charge >= 0.3 is 12.4 Å². The van der Waals surface area contributed by atoms with E-state index in [2.05, 4.69) is 4.98 Å². The predicted octanol–water partition coefficient (Wildman–Crippen LogP) is 6.22. The summed E-state index contributed by atoms with van der Waals surface area (Å²) in [6.45, 7) is 0. The molecule has 2 aromatic carbocycles. The van der Waals surface area contributed by atoms with Crippen LogP contribution in [0.4, 0.5) is 26.3 Å². The number of ether oxygens (including phenoxy) is 1. The number of halogens is 6. The standard InChI is InChI=1S/C22H15F6NO2/c1-31-20-5-3-2-4-18(20)17-6-7-29-12-14(17)10-19(30)13-8-15(21(23,24)25)11-16(9-13)22(26,27)28/h2-9,11-12H,10H2,1H3. The number of rotatable bonds is 5. The zero-order valence-corrected chi connectivity index (χ0v) is 16.0. The lowest BCUT2D eigenvalue weighted by molar-refractivity contribution is -0.143. The van der Waals surface area contributed by atoms with E-state index in [1.54, 1.807) is 30.3 Å². The number of para-hydroxylation sites is 1. The molecule has 1 aromatic heterocycles. The van der Waals surface area contributed by atoms with Crippen molar-refractivity contribution in [3.05, 3.63) is 83.2 Å². The summed E-state index contributed by atoms with van der Waals surface area (Å²) < 4.78 is 83.9. The van der Waals surface area contributed by atoms with Crippen LogP contribution in [0, 0.1) is 0 Å². The molecule has 0 saturated carbocycles. The molecular formula is C22H15F6NO2. The molecular weight excluding hydrogens is 424 g/mol. The number of alkyl halides is 6. The Hall–Kier alpha value is -3.36. The summed E-state index contributed by atoms with van der Waals surface area (Å²) in [5.74, 6) is -0.415. The van der Waals surface area contributed by atoms with Gasteiger partial charge in [-0.3, -0.25) is 9.78 Å². The molecule has 162 valence electrons. The minimum Gasteiger partial charge on any atom is -0.496 e. The molecule has 0 saturated heterocycles. The molecule has 0 amide bonds. The molecule has 0 radical (unpaired) electrons. The molecule has 3 aromatic rings. The number of methoxy groups -OCH3 is 1. The highest BCUT2D eigenvalue weighted by Crippen LogP contribution is 2.37. The Balaban J connectivity index is 2.04. The first-order valence-corrected chi connectivity index (χ1v) is 8.89. The Morgan fingerprint density at radius 3 is 2.10 bits per heavy atom. The summed E-state index contributed by atoms with van der Waals surface area (Å²) in [4.78, 5) is 16.7. The van der Waals surface area contributed by atoms with Crippen LogP contribution in [0.2, 0.25) is 0 Å². The molecule has 0 unspecified atom stereocenters. The van der Waals surface area contributed by atoms with Gasteiger partial charge in [-0.05, 0) is 41.5 Å². The van der Waals surface area contributed by atoms with Gasteiger partial charge in [0.1, 0.15) is 5.75 Å². The minimum absolute atomic E-state index is 0.0128. The van der Waals surface area contributed by atoms with E-state index in [0.717, 1.165) is 0 Å². The van der Waals surface area contributed by atoms with Gasteiger partial charge in [-0.25, -0.2) is 0 Å². The number of pyridine rings is 1. The Bertz CT molecular complexity index is 1070. The van der Waals surface area contributed by atoms with Gasteiger partial charge in [-0.15, -0.1) is 0 Å². The quantitative estimate of drug-likeness (QED) is 0.350. The van der Waals surface area contributed by atoms with Crippen molar-refractivity contribution in [3.8, 4) is 16.9 Å². The SMILES string of the molecule is COc1ccccc1-c1ccncc1CC(=O)c1cc(C(F)(F)F)cc(C(F)(F)F)c1. The van der Waals surface area contributed by atoms with Crippen molar-refractivity contribution in [2.75, 3.05) is 7.11 Å². The van der Waals surface area contributed by atoms with Crippen molar-refractivity contribution < 1.29 is 35.9 Å². The third-order valence-corrected chi connectivity index (χ3v) is 4.56. The van der Waals surface area contributed by atoms with Crippen molar-refractivity contribution in [2.45, 2.75) is 18.8 Å². The first kappa shape index (κ1) is 22.3. The van der Waals surface area contributed by atoms with E-state index < -0.39 is 41.2 Å². The van der Waals surface area contributed by atoms with Crippen LogP contribution in [0.3, 0.4) is 0 Å². The maximum Gasteiger partial charge on any atom is 0.416 e. The van der Waals surface area contributed by atoms with Gasteiger partial charge in [-0.1, -0.05) is 18.2 Å². The van der Waals surface area contributed by atoms with Crippen molar-refractivity contribution in [3.63, 3.8) is 0 Å². The van der Waals surface area contributed by atoms with Crippen LogP contribution >= 0.6 is 0 Å². The van der Waals surface area contributed by atoms with Crippen LogP contribution in [-0.4, -0.2) is 17.9 Å². The van der Waals surface area contributed by atoms with Crippen LogP contribution in [0.1, 0.15) is 27.0 Å². The topological polar surface area (TPSA) is 39.2 Å². The van der Waals surface area contributed by atoms with Crippen molar-refractivity contribution in [1.29, 1.82) is 0 Å². The van der Waals surface area contributed by atoms with Gasteiger partial charge in [-0.2, -0.15) is 26.3 Å². The van der Waals surface area contributed by atoms with Crippen LogP contribution in [0.5, 0.6) is 5.75 Å². The Kier molecular flexibility index (Phi) is 6.06. The maximum absolute atomic E-state index is 13.1. The lowest BCUT2D eigenvalue weighted by Gasteiger charge is -2.15. The second kappa shape index (κ2) is 8.41. The molecule has 0 atom stereocenters. The molecule has 0 bridgehead atoms. The summed E-state index contributed by atoms with van der Waals surface area (Å²) in [6, 6.07) is 9.29. The molecule has 0 aliphatic rings. The number of aromatic nitrogens is 1. The number of benzene rings is 2. The molecule has 0 spiro atoms. The second-order valence-corrected chi connectivity index (χ2v) is 6.63. The average molecular weight is 439 g/mol. The Morgan fingerprint density at radius 1 is 0.903 bits per heavy atom. The van der Waals surface area contributed by atoms with Crippen LogP contribution < -0.4 is 4.74 Å². The highest BCUT2D eigenvalue weighted by atomic mass is 19.4. The Labute approximate surface area is 173 Å². The fraction of sp³-hybridized carbons (Fsp3) is 0.182. The molecule has 3 nitrogen and oxygen atoms in total. The van der Waals surface area contributed by atoms with E-state index in [1.165, 1.54) is 19.5 Å². The minimum atomic E-state index is -5.03. The fourth-order valence-electron chi connectivity index (χ4n) is 3.09. The van der Waals surface area contributed by atoms with Crippen LogP contribution in [0.25, 0.3) is 11.1 Å². The van der Waals surface area contributed by atoms with E-state index in [0.29, 0.717) is 34.6 Å². The molecule has 0 aliphatic heterocycles. The monoisotopic (exact) mass is 439 g/mol. The number of Topliss-reactive ketones (excluding diaryl/α,β-unsaturated/α-hetero) is 1. The van der Waals surface area contributed by atoms with Gasteiger partial charge in [0, 0.05) is 29.9 Å². The molecule has 0 aliphatic carbocycles. The maximum atomic E-state index is 13.1. The van der Waals surface area contributed by atoms with Crippen LogP contribution in [-0.2, 0) is 18.8 Å². The molecule has 3 rings (SSSR count). The molecule has 9 heteroatoms. The average Bonchev–Trinajstić information content (AvgIpc) is 2.72. The molecule has 0 N–H and O–H groups in total. The van der Waals surface area contributed by atoms with E-state index in [1.807, 2.05) is 0 Å². The van der Waals surface area contributed by atoms with Gasteiger partial charge < -0.3 is 4.74 Å². The summed E-state index contributed by atoms with van der Waals surface area (Å²) in [6.07, 6.45) is -7.71. The van der Waals surface area contributed by atoms with Crippen molar-refractivity contribution in [1.82, 2.24) is 4.98 Å². The summed E-state index contributed by atoms with van der Waals surface area (Å²) >= 11 is 0. The zero-order valence-electron chi connectivity index (χ0n) is 16.0. The van der Waals surface area contributed by atoms with Crippen LogP contribution in [0.15, 0.2) is 60.9 Å². The Morgan fingerprint density at radius 2 is 1.52 bits per heavy atom. The lowest BCUT2D eigenvalue weighted by atomic mass is 9.94. The normalized spacial score (nSPS) is 12.0. The largest absolute Gasteiger partial charge is 0.496 e. The third kappa shape index (κ3) is 5.04. The van der Waals surface area contributed by atoms with Gasteiger partial charge in [0.15, 0.2) is 5.78 Å². The predicted molar refractivity (Wildman–Crippen MR) is 101 cm³/mol. The zero-order chi connectivity index (χ0) is 22.8. The number of hydrogen-bond donors (Lipinski definition) is 0. The van der Waals surface area contributed by atoms with Gasteiger partial charge in [0.25, 0.3) is 0 Å². The lowest BCUT2D eigenvalue weighted by Crippen LogP contribution is -2.14. The van der Waals surface area contributed by atoms with E-state index in [-0.39, 0.29) is 6.07 Å². The van der Waals surface area contributed by atoms with Crippen molar-refractivity contribution >= 4 is 5.78 Å². The summed E-state index contributed by atoms with van der Waals surface area (Å²) in [5.41, 5.74) is -2.29. The fourth-order valence-corrected chi connectivity index (χ4v) is 3.09.